The van der Waals surface area contributed by atoms with E-state index in [-0.39, 0.29) is 18.5 Å². The van der Waals surface area contributed by atoms with Crippen molar-refractivity contribution in [3.8, 4) is 0 Å². The summed E-state index contributed by atoms with van der Waals surface area (Å²) < 4.78 is 0. The number of aryl methyl sites for hydroxylation is 1. The third kappa shape index (κ3) is 5.77. The molecule has 1 aliphatic rings. The Morgan fingerprint density at radius 3 is 2.48 bits per heavy atom. The van der Waals surface area contributed by atoms with Crippen molar-refractivity contribution in [2.24, 2.45) is 0 Å². The van der Waals surface area contributed by atoms with E-state index in [9.17, 15) is 14.4 Å². The van der Waals surface area contributed by atoms with Crippen LogP contribution in [-0.4, -0.2) is 37.5 Å². The van der Waals surface area contributed by atoms with Gasteiger partial charge < -0.3 is 16.0 Å². The molecule has 25 heavy (non-hydrogen) atoms. The quantitative estimate of drug-likeness (QED) is 0.654. The molecule has 0 unspecified atom stereocenters. The van der Waals surface area contributed by atoms with E-state index < -0.39 is 11.9 Å². The van der Waals surface area contributed by atoms with Crippen LogP contribution in [0.5, 0.6) is 0 Å². The van der Waals surface area contributed by atoms with Gasteiger partial charge in [0.25, 0.3) is 5.91 Å². The number of imide groups is 1. The fourth-order valence-corrected chi connectivity index (χ4v) is 2.93. The summed E-state index contributed by atoms with van der Waals surface area (Å²) >= 11 is 0. The lowest BCUT2D eigenvalue weighted by atomic mass is 9.95. The van der Waals surface area contributed by atoms with Crippen LogP contribution >= 0.6 is 0 Å². The van der Waals surface area contributed by atoms with Gasteiger partial charge in [-0.3, -0.25) is 14.9 Å². The van der Waals surface area contributed by atoms with Crippen molar-refractivity contribution in [1.82, 2.24) is 16.0 Å². The predicted octanol–water partition coefficient (Wildman–Crippen LogP) is 1.93. The van der Waals surface area contributed by atoms with Gasteiger partial charge in [0.2, 0.25) is 5.91 Å². The Morgan fingerprint density at radius 1 is 1.12 bits per heavy atom. The molecule has 0 spiro atoms. The third-order valence-electron chi connectivity index (χ3n) is 4.35. The van der Waals surface area contributed by atoms with Gasteiger partial charge in [-0.15, -0.1) is 0 Å². The summed E-state index contributed by atoms with van der Waals surface area (Å²) in [5, 5.41) is 10.6. The Kier molecular flexibility index (Phi) is 6.80. The lowest BCUT2D eigenvalue weighted by molar-refractivity contribution is -0.118. The average molecular weight is 346 g/mol. The largest absolute Gasteiger partial charge is 0.376 e. The van der Waals surface area contributed by atoms with E-state index in [1.165, 1.54) is 26.3 Å². The number of amides is 4. The van der Waals surface area contributed by atoms with Crippen LogP contribution in [0.1, 0.15) is 48.0 Å². The molecule has 0 bridgehead atoms. The van der Waals surface area contributed by atoms with Gasteiger partial charge in [0.15, 0.2) is 0 Å². The van der Waals surface area contributed by atoms with Crippen LogP contribution in [0.3, 0.4) is 0 Å². The highest BCUT2D eigenvalue weighted by molar-refractivity contribution is 5.97. The molecular formula is C18H26N4O3. The summed E-state index contributed by atoms with van der Waals surface area (Å²) in [6.07, 6.45) is 5.69. The Balaban J connectivity index is 1.89. The SMILES string of the molecule is CNC(=O)NC(=O)CNc1ccc(C(=O)NC2CCCCC2)cc1C. The normalized spacial score (nSPS) is 14.5. The second kappa shape index (κ2) is 9.05. The average Bonchev–Trinajstić information content (AvgIpc) is 2.61. The zero-order chi connectivity index (χ0) is 18.2. The minimum atomic E-state index is -0.543. The van der Waals surface area contributed by atoms with Crippen molar-refractivity contribution in [2.75, 3.05) is 18.9 Å². The molecule has 7 heteroatoms. The maximum atomic E-state index is 12.4. The molecule has 0 aliphatic heterocycles. The number of urea groups is 1. The van der Waals surface area contributed by atoms with Crippen LogP contribution in [0.25, 0.3) is 0 Å². The summed E-state index contributed by atoms with van der Waals surface area (Å²) in [5.74, 6) is -0.489. The molecule has 2 rings (SSSR count). The van der Waals surface area contributed by atoms with E-state index in [4.69, 9.17) is 0 Å². The molecule has 0 atom stereocenters. The van der Waals surface area contributed by atoms with Gasteiger partial charge in [0, 0.05) is 24.3 Å². The number of carbonyl (C=O) groups excluding carboxylic acids is 3. The maximum Gasteiger partial charge on any atom is 0.321 e. The minimum Gasteiger partial charge on any atom is -0.376 e. The van der Waals surface area contributed by atoms with Crippen LogP contribution in [0.15, 0.2) is 18.2 Å². The number of benzene rings is 1. The smallest absolute Gasteiger partial charge is 0.321 e. The summed E-state index contributed by atoms with van der Waals surface area (Å²) in [6, 6.07) is 5.05. The fourth-order valence-electron chi connectivity index (χ4n) is 2.93. The van der Waals surface area contributed by atoms with E-state index in [1.54, 1.807) is 18.2 Å². The topological polar surface area (TPSA) is 99.3 Å². The molecule has 136 valence electrons. The molecule has 0 radical (unpaired) electrons. The predicted molar refractivity (Wildman–Crippen MR) is 96.6 cm³/mol. The molecular weight excluding hydrogens is 320 g/mol. The zero-order valence-corrected chi connectivity index (χ0v) is 14.8. The minimum absolute atomic E-state index is 0.0259. The van der Waals surface area contributed by atoms with Gasteiger partial charge in [-0.25, -0.2) is 4.79 Å². The van der Waals surface area contributed by atoms with Crippen molar-refractivity contribution in [2.45, 2.75) is 45.1 Å². The number of rotatable bonds is 5. The molecule has 1 aromatic rings. The van der Waals surface area contributed by atoms with E-state index >= 15 is 0 Å². The number of hydrogen-bond acceptors (Lipinski definition) is 4. The number of anilines is 1. The molecule has 4 amide bonds. The van der Waals surface area contributed by atoms with Crippen LogP contribution in [0.4, 0.5) is 10.5 Å². The number of carbonyl (C=O) groups is 3. The molecule has 7 nitrogen and oxygen atoms in total. The van der Waals surface area contributed by atoms with Crippen molar-refractivity contribution in [3.05, 3.63) is 29.3 Å². The number of hydrogen-bond donors (Lipinski definition) is 4. The van der Waals surface area contributed by atoms with Gasteiger partial charge in [0.1, 0.15) is 0 Å². The standard InChI is InChI=1S/C18H26N4O3/c1-12-10-13(17(24)21-14-6-4-3-5-7-14)8-9-15(12)20-11-16(23)22-18(25)19-2/h8-10,14,20H,3-7,11H2,1-2H3,(H,21,24)(H2,19,22,23,25). The van der Waals surface area contributed by atoms with Crippen molar-refractivity contribution >= 4 is 23.5 Å². The third-order valence-corrected chi connectivity index (χ3v) is 4.35. The first kappa shape index (κ1) is 18.8. The van der Waals surface area contributed by atoms with Gasteiger partial charge in [-0.1, -0.05) is 19.3 Å². The van der Waals surface area contributed by atoms with Gasteiger partial charge >= 0.3 is 6.03 Å². The molecule has 1 saturated carbocycles. The van der Waals surface area contributed by atoms with Crippen LogP contribution in [0.2, 0.25) is 0 Å². The zero-order valence-electron chi connectivity index (χ0n) is 14.8. The lowest BCUT2D eigenvalue weighted by Gasteiger charge is -2.23. The molecule has 1 aliphatic carbocycles. The lowest BCUT2D eigenvalue weighted by Crippen LogP contribution is -2.40. The van der Waals surface area contributed by atoms with Crippen molar-refractivity contribution < 1.29 is 14.4 Å². The van der Waals surface area contributed by atoms with Crippen LogP contribution < -0.4 is 21.3 Å². The summed E-state index contributed by atoms with van der Waals surface area (Å²) in [7, 11) is 1.44. The fraction of sp³-hybridized carbons (Fsp3) is 0.500. The molecule has 1 aromatic carbocycles. The highest BCUT2D eigenvalue weighted by atomic mass is 16.2. The Morgan fingerprint density at radius 2 is 1.84 bits per heavy atom. The van der Waals surface area contributed by atoms with Gasteiger partial charge in [0.05, 0.1) is 6.54 Å². The Hall–Kier alpha value is -2.57. The highest BCUT2D eigenvalue weighted by Gasteiger charge is 2.17. The van der Waals surface area contributed by atoms with E-state index in [0.717, 1.165) is 24.1 Å². The molecule has 0 heterocycles. The van der Waals surface area contributed by atoms with Gasteiger partial charge in [-0.05, 0) is 43.5 Å². The van der Waals surface area contributed by atoms with E-state index in [0.29, 0.717) is 5.56 Å². The van der Waals surface area contributed by atoms with Crippen LogP contribution in [-0.2, 0) is 4.79 Å². The summed E-state index contributed by atoms with van der Waals surface area (Å²) in [6.45, 7) is 1.85. The van der Waals surface area contributed by atoms with E-state index in [1.807, 2.05) is 6.92 Å². The molecule has 0 saturated heterocycles. The van der Waals surface area contributed by atoms with E-state index in [2.05, 4.69) is 21.3 Å². The first-order valence-corrected chi connectivity index (χ1v) is 8.66. The van der Waals surface area contributed by atoms with Gasteiger partial charge in [-0.2, -0.15) is 0 Å². The molecule has 0 aromatic heterocycles. The van der Waals surface area contributed by atoms with Crippen molar-refractivity contribution in [3.63, 3.8) is 0 Å². The monoisotopic (exact) mass is 346 g/mol. The Labute approximate surface area is 147 Å². The van der Waals surface area contributed by atoms with Crippen molar-refractivity contribution in [1.29, 1.82) is 0 Å². The maximum absolute atomic E-state index is 12.4. The number of nitrogens with one attached hydrogen (secondary N) is 4. The first-order valence-electron chi connectivity index (χ1n) is 8.66. The summed E-state index contributed by atoms with van der Waals surface area (Å²) in [4.78, 5) is 35.0. The molecule has 4 N–H and O–H groups in total. The highest BCUT2D eigenvalue weighted by Crippen LogP contribution is 2.19. The molecule has 1 fully saturated rings. The first-order chi connectivity index (χ1) is 12.0. The second-order valence-electron chi connectivity index (χ2n) is 6.32. The van der Waals surface area contributed by atoms with Crippen LogP contribution in [0, 0.1) is 6.92 Å². The Bertz CT molecular complexity index is 639. The second-order valence-corrected chi connectivity index (χ2v) is 6.32. The summed E-state index contributed by atoms with van der Waals surface area (Å²) in [5.41, 5.74) is 2.23.